The van der Waals surface area contributed by atoms with Crippen molar-refractivity contribution in [2.45, 2.75) is 39.4 Å². The normalized spacial score (nSPS) is 23.4. The molecule has 0 spiro atoms. The highest BCUT2D eigenvalue weighted by atomic mass is 35.5. The number of aromatic nitrogens is 2. The van der Waals surface area contributed by atoms with E-state index in [2.05, 4.69) is 23.8 Å². The van der Waals surface area contributed by atoms with Crippen LogP contribution in [0.4, 0.5) is 8.78 Å². The van der Waals surface area contributed by atoms with Crippen molar-refractivity contribution in [2.24, 2.45) is 11.1 Å². The molecule has 1 saturated heterocycles. The predicted octanol–water partition coefficient (Wildman–Crippen LogP) is 2.26. The number of nitrogens with zero attached hydrogens (tertiary/aromatic N) is 3. The van der Waals surface area contributed by atoms with Gasteiger partial charge in [-0.1, -0.05) is 13.8 Å². The van der Waals surface area contributed by atoms with Crippen LogP contribution >= 0.6 is 12.4 Å². The molecule has 2 rings (SSSR count). The van der Waals surface area contributed by atoms with Crippen LogP contribution in [-0.4, -0.2) is 33.8 Å². The Morgan fingerprint density at radius 1 is 1.53 bits per heavy atom. The van der Waals surface area contributed by atoms with Gasteiger partial charge in [0.15, 0.2) is 0 Å². The van der Waals surface area contributed by atoms with E-state index in [-0.39, 0.29) is 23.9 Å². The number of likely N-dealkylation sites (tertiary alicyclic amines) is 1. The summed E-state index contributed by atoms with van der Waals surface area (Å²) < 4.78 is 25.5. The molecule has 2 heterocycles. The van der Waals surface area contributed by atoms with Gasteiger partial charge in [0, 0.05) is 31.9 Å². The Bertz CT molecular complexity index is 408. The predicted molar refractivity (Wildman–Crippen MR) is 72.4 cm³/mol. The largest absolute Gasteiger partial charge is 0.333 e. The van der Waals surface area contributed by atoms with Crippen molar-refractivity contribution in [2.75, 3.05) is 13.1 Å². The van der Waals surface area contributed by atoms with Crippen molar-refractivity contribution in [3.8, 4) is 0 Å². The SMILES string of the molecule is CC1(C)CN(Cc2ccn(C(F)F)n2)CCC1N.Cl. The summed E-state index contributed by atoms with van der Waals surface area (Å²) in [5.41, 5.74) is 6.81. The van der Waals surface area contributed by atoms with Gasteiger partial charge < -0.3 is 5.73 Å². The standard InChI is InChI=1S/C12H20F2N4.ClH/c1-12(2)8-17(5-4-10(12)15)7-9-3-6-18(16-9)11(13)14;/h3,6,10-11H,4-5,7-8,15H2,1-2H3;1H. The van der Waals surface area contributed by atoms with Gasteiger partial charge in [-0.15, -0.1) is 12.4 Å². The number of alkyl halides is 2. The fourth-order valence-electron chi connectivity index (χ4n) is 2.42. The molecule has 1 aromatic rings. The first-order valence-electron chi connectivity index (χ1n) is 6.18. The van der Waals surface area contributed by atoms with Gasteiger partial charge in [0.2, 0.25) is 0 Å². The van der Waals surface area contributed by atoms with Gasteiger partial charge in [-0.05, 0) is 17.9 Å². The number of hydrogen-bond donors (Lipinski definition) is 1. The summed E-state index contributed by atoms with van der Waals surface area (Å²) in [6.45, 7) is 4.09. The lowest BCUT2D eigenvalue weighted by Gasteiger charge is -2.42. The fraction of sp³-hybridized carbons (Fsp3) is 0.750. The maximum Gasteiger partial charge on any atom is 0.333 e. The topological polar surface area (TPSA) is 47.1 Å². The number of rotatable bonds is 3. The summed E-state index contributed by atoms with van der Waals surface area (Å²) >= 11 is 0. The zero-order chi connectivity index (χ0) is 13.3. The Labute approximate surface area is 118 Å². The maximum absolute atomic E-state index is 12.4. The molecule has 0 aliphatic carbocycles. The minimum atomic E-state index is -2.56. The van der Waals surface area contributed by atoms with E-state index in [0.29, 0.717) is 16.9 Å². The molecule has 0 radical (unpaired) electrons. The molecule has 0 aromatic carbocycles. The second-order valence-corrected chi connectivity index (χ2v) is 5.66. The van der Waals surface area contributed by atoms with Gasteiger partial charge in [0.1, 0.15) is 0 Å². The number of hydrogen-bond acceptors (Lipinski definition) is 3. The van der Waals surface area contributed by atoms with Crippen molar-refractivity contribution in [3.63, 3.8) is 0 Å². The summed E-state index contributed by atoms with van der Waals surface area (Å²) in [5.74, 6) is 0. The number of nitrogens with two attached hydrogens (primary N) is 1. The van der Waals surface area contributed by atoms with Crippen LogP contribution in [0.25, 0.3) is 0 Å². The van der Waals surface area contributed by atoms with Crippen molar-refractivity contribution in [1.82, 2.24) is 14.7 Å². The first-order chi connectivity index (χ1) is 8.38. The third kappa shape index (κ3) is 3.87. The first kappa shape index (κ1) is 16.3. The highest BCUT2D eigenvalue weighted by Crippen LogP contribution is 2.28. The fourth-order valence-corrected chi connectivity index (χ4v) is 2.42. The molecule has 1 aliphatic heterocycles. The van der Waals surface area contributed by atoms with E-state index >= 15 is 0 Å². The van der Waals surface area contributed by atoms with Crippen LogP contribution < -0.4 is 5.73 Å². The molecule has 1 atom stereocenters. The highest BCUT2D eigenvalue weighted by Gasteiger charge is 2.33. The number of halogens is 3. The second-order valence-electron chi connectivity index (χ2n) is 5.66. The Balaban J connectivity index is 0.00000180. The Kier molecular flexibility index (Phi) is 5.29. The molecule has 1 aliphatic rings. The summed E-state index contributed by atoms with van der Waals surface area (Å²) in [6, 6.07) is 1.85. The van der Waals surface area contributed by atoms with Crippen LogP contribution in [0.1, 0.15) is 32.5 Å². The zero-order valence-corrected chi connectivity index (χ0v) is 12.0. The molecular formula is C12H21ClF2N4. The van der Waals surface area contributed by atoms with Crippen LogP contribution in [0.15, 0.2) is 12.3 Å². The van der Waals surface area contributed by atoms with Gasteiger partial charge in [-0.3, -0.25) is 4.90 Å². The Morgan fingerprint density at radius 2 is 2.21 bits per heavy atom. The van der Waals surface area contributed by atoms with Gasteiger partial charge in [0.25, 0.3) is 0 Å². The summed E-state index contributed by atoms with van der Waals surface area (Å²) in [6.07, 6.45) is 2.25. The number of piperidine rings is 1. The minimum absolute atomic E-state index is 0. The minimum Gasteiger partial charge on any atom is -0.327 e. The molecule has 0 bridgehead atoms. The van der Waals surface area contributed by atoms with E-state index in [0.717, 1.165) is 19.5 Å². The van der Waals surface area contributed by atoms with E-state index < -0.39 is 6.55 Å². The highest BCUT2D eigenvalue weighted by molar-refractivity contribution is 5.85. The van der Waals surface area contributed by atoms with Crippen LogP contribution in [0.3, 0.4) is 0 Å². The molecule has 7 heteroatoms. The molecular weight excluding hydrogens is 274 g/mol. The van der Waals surface area contributed by atoms with Gasteiger partial charge >= 0.3 is 6.55 Å². The maximum atomic E-state index is 12.4. The molecule has 4 nitrogen and oxygen atoms in total. The molecule has 19 heavy (non-hydrogen) atoms. The summed E-state index contributed by atoms with van der Waals surface area (Å²) in [4.78, 5) is 2.22. The van der Waals surface area contributed by atoms with Crippen molar-refractivity contribution in [3.05, 3.63) is 18.0 Å². The monoisotopic (exact) mass is 294 g/mol. The lowest BCUT2D eigenvalue weighted by molar-refractivity contribution is 0.0545. The zero-order valence-electron chi connectivity index (χ0n) is 11.2. The van der Waals surface area contributed by atoms with Crippen LogP contribution in [-0.2, 0) is 6.54 Å². The third-order valence-corrected chi connectivity index (χ3v) is 3.64. The quantitative estimate of drug-likeness (QED) is 0.930. The molecule has 110 valence electrons. The van der Waals surface area contributed by atoms with E-state index in [9.17, 15) is 8.78 Å². The third-order valence-electron chi connectivity index (χ3n) is 3.64. The van der Waals surface area contributed by atoms with Gasteiger partial charge in [0.05, 0.1) is 5.69 Å². The van der Waals surface area contributed by atoms with Crippen LogP contribution in [0.2, 0.25) is 0 Å². The molecule has 0 amide bonds. The van der Waals surface area contributed by atoms with E-state index in [4.69, 9.17) is 5.73 Å². The van der Waals surface area contributed by atoms with Crippen LogP contribution in [0, 0.1) is 5.41 Å². The molecule has 2 N–H and O–H groups in total. The Morgan fingerprint density at radius 3 is 2.74 bits per heavy atom. The molecule has 1 aromatic heterocycles. The smallest absolute Gasteiger partial charge is 0.327 e. The summed E-state index contributed by atoms with van der Waals surface area (Å²) in [7, 11) is 0. The van der Waals surface area contributed by atoms with E-state index in [1.807, 2.05) is 0 Å². The molecule has 1 unspecified atom stereocenters. The average molecular weight is 295 g/mol. The van der Waals surface area contributed by atoms with Gasteiger partial charge in [-0.2, -0.15) is 13.9 Å². The Hall–Kier alpha value is -0.720. The van der Waals surface area contributed by atoms with Gasteiger partial charge in [-0.25, -0.2) is 4.68 Å². The average Bonchev–Trinajstić information content (AvgIpc) is 2.72. The second kappa shape index (κ2) is 6.15. The molecule has 1 fully saturated rings. The van der Waals surface area contributed by atoms with Crippen molar-refractivity contribution < 1.29 is 8.78 Å². The summed E-state index contributed by atoms with van der Waals surface area (Å²) in [5, 5.41) is 3.86. The molecule has 0 saturated carbocycles. The van der Waals surface area contributed by atoms with E-state index in [1.54, 1.807) is 6.07 Å². The van der Waals surface area contributed by atoms with Crippen LogP contribution in [0.5, 0.6) is 0 Å². The lowest BCUT2D eigenvalue weighted by atomic mass is 9.80. The first-order valence-corrected chi connectivity index (χ1v) is 6.18. The van der Waals surface area contributed by atoms with E-state index in [1.165, 1.54) is 6.20 Å². The lowest BCUT2D eigenvalue weighted by Crippen LogP contribution is -2.52. The van der Waals surface area contributed by atoms with Crippen molar-refractivity contribution in [1.29, 1.82) is 0 Å². The van der Waals surface area contributed by atoms with Crippen molar-refractivity contribution >= 4 is 12.4 Å².